The molecule has 2 fully saturated rings. The minimum absolute atomic E-state index is 0.0106. The zero-order valence-electron chi connectivity index (χ0n) is 15.7. The smallest absolute Gasteiger partial charge is 0.471 e. The van der Waals surface area contributed by atoms with E-state index in [0.717, 1.165) is 23.5 Å². The van der Waals surface area contributed by atoms with Crippen molar-refractivity contribution in [1.82, 2.24) is 9.80 Å². The maximum atomic E-state index is 12.8. The molecule has 0 N–H and O–H groups in total. The highest BCUT2D eigenvalue weighted by Crippen LogP contribution is 2.27. The number of nitrogens with zero attached hydrogens (tertiary/aromatic N) is 2. The van der Waals surface area contributed by atoms with Gasteiger partial charge in [0.15, 0.2) is 0 Å². The molecule has 154 valence electrons. The number of piperidine rings is 2. The summed E-state index contributed by atoms with van der Waals surface area (Å²) in [6.45, 7) is 1.76. The quantitative estimate of drug-likeness (QED) is 0.783. The molecule has 2 aliphatic rings. The lowest BCUT2D eigenvalue weighted by Crippen LogP contribution is -2.49. The lowest BCUT2D eigenvalue weighted by atomic mass is 9.92. The molecule has 28 heavy (non-hydrogen) atoms. The molecule has 8 heteroatoms. The monoisotopic (exact) mass is 398 g/mol. The Morgan fingerprint density at radius 2 is 1.68 bits per heavy atom. The van der Waals surface area contributed by atoms with Crippen LogP contribution in [0.5, 0.6) is 5.75 Å². The Morgan fingerprint density at radius 3 is 2.32 bits per heavy atom. The molecule has 5 nitrogen and oxygen atoms in total. The minimum atomic E-state index is -4.85. The third kappa shape index (κ3) is 5.17. The highest BCUT2D eigenvalue weighted by Gasteiger charge is 2.44. The van der Waals surface area contributed by atoms with E-state index in [1.165, 1.54) is 0 Å². The predicted octanol–water partition coefficient (Wildman–Crippen LogP) is 3.10. The molecule has 2 aliphatic heterocycles. The number of likely N-dealkylation sites (tertiary alicyclic amines) is 2. The van der Waals surface area contributed by atoms with E-state index in [4.69, 9.17) is 4.74 Å². The van der Waals surface area contributed by atoms with Gasteiger partial charge in [0.05, 0.1) is 6.61 Å². The van der Waals surface area contributed by atoms with Crippen LogP contribution < -0.4 is 4.74 Å². The van der Waals surface area contributed by atoms with Gasteiger partial charge in [-0.15, -0.1) is 0 Å². The number of hydrogen-bond donors (Lipinski definition) is 0. The van der Waals surface area contributed by atoms with Crippen molar-refractivity contribution < 1.29 is 27.5 Å². The second-order valence-corrected chi connectivity index (χ2v) is 7.48. The van der Waals surface area contributed by atoms with Crippen LogP contribution in [-0.2, 0) is 9.59 Å². The molecule has 2 amide bonds. The molecule has 3 rings (SSSR count). The number of carbonyl (C=O) groups is 2. The topological polar surface area (TPSA) is 49.9 Å². The molecule has 0 spiro atoms. The van der Waals surface area contributed by atoms with E-state index in [1.807, 2.05) is 35.2 Å². The summed E-state index contributed by atoms with van der Waals surface area (Å²) in [5.74, 6) is -1.10. The molecular weight excluding hydrogens is 373 g/mol. The molecule has 1 unspecified atom stereocenters. The van der Waals surface area contributed by atoms with Crippen molar-refractivity contribution >= 4 is 11.8 Å². The fourth-order valence-corrected chi connectivity index (χ4v) is 3.90. The van der Waals surface area contributed by atoms with E-state index in [-0.39, 0.29) is 43.7 Å². The van der Waals surface area contributed by atoms with Crippen LogP contribution in [0, 0.1) is 11.8 Å². The second-order valence-electron chi connectivity index (χ2n) is 7.48. The Hall–Kier alpha value is -2.25. The van der Waals surface area contributed by atoms with Gasteiger partial charge in [-0.25, -0.2) is 0 Å². The summed E-state index contributed by atoms with van der Waals surface area (Å²) >= 11 is 0. The Morgan fingerprint density at radius 1 is 1.00 bits per heavy atom. The number of halogens is 3. The summed E-state index contributed by atoms with van der Waals surface area (Å²) in [6.07, 6.45) is -2.42. The van der Waals surface area contributed by atoms with Crippen molar-refractivity contribution in [2.24, 2.45) is 11.8 Å². The summed E-state index contributed by atoms with van der Waals surface area (Å²) in [5.41, 5.74) is 0. The molecular formula is C20H25F3N2O3. The Labute approximate surface area is 162 Å². The minimum Gasteiger partial charge on any atom is -0.493 e. The van der Waals surface area contributed by atoms with Crippen molar-refractivity contribution in [3.05, 3.63) is 30.3 Å². The van der Waals surface area contributed by atoms with Crippen molar-refractivity contribution in [1.29, 1.82) is 0 Å². The molecule has 0 radical (unpaired) electrons. The van der Waals surface area contributed by atoms with Crippen LogP contribution in [-0.4, -0.2) is 60.6 Å². The predicted molar refractivity (Wildman–Crippen MR) is 96.6 cm³/mol. The van der Waals surface area contributed by atoms with E-state index in [9.17, 15) is 22.8 Å². The normalized spacial score (nSPS) is 21.5. The highest BCUT2D eigenvalue weighted by atomic mass is 19.4. The van der Waals surface area contributed by atoms with Gasteiger partial charge in [0.1, 0.15) is 5.75 Å². The Balaban J connectivity index is 1.47. The third-order valence-corrected chi connectivity index (χ3v) is 5.43. The number of alkyl halides is 3. The van der Waals surface area contributed by atoms with Crippen LogP contribution in [0.2, 0.25) is 0 Å². The van der Waals surface area contributed by atoms with E-state index in [0.29, 0.717) is 19.7 Å². The van der Waals surface area contributed by atoms with Gasteiger partial charge >= 0.3 is 12.1 Å². The van der Waals surface area contributed by atoms with Crippen LogP contribution in [0.3, 0.4) is 0 Å². The number of carbonyl (C=O) groups excluding carboxylic acids is 2. The first-order valence-electron chi connectivity index (χ1n) is 9.67. The Bertz CT molecular complexity index is 673. The zero-order chi connectivity index (χ0) is 20.1. The van der Waals surface area contributed by atoms with Gasteiger partial charge < -0.3 is 14.5 Å². The van der Waals surface area contributed by atoms with Crippen LogP contribution in [0.15, 0.2) is 30.3 Å². The van der Waals surface area contributed by atoms with Crippen molar-refractivity contribution in [2.45, 2.75) is 31.9 Å². The number of amides is 2. The number of para-hydroxylation sites is 1. The van der Waals surface area contributed by atoms with Gasteiger partial charge in [0, 0.05) is 38.0 Å². The fourth-order valence-electron chi connectivity index (χ4n) is 3.90. The fraction of sp³-hybridized carbons (Fsp3) is 0.600. The van der Waals surface area contributed by atoms with Crippen molar-refractivity contribution in [2.75, 3.05) is 32.8 Å². The van der Waals surface area contributed by atoms with Crippen LogP contribution in [0.25, 0.3) is 0 Å². The summed E-state index contributed by atoms with van der Waals surface area (Å²) in [5, 5.41) is 0. The van der Waals surface area contributed by atoms with Gasteiger partial charge in [-0.1, -0.05) is 18.2 Å². The molecule has 1 aromatic carbocycles. The van der Waals surface area contributed by atoms with E-state index < -0.39 is 12.1 Å². The standard InChI is InChI=1S/C20H25F3N2O3/c21-20(22,23)19(27)24-11-8-16(9-12-24)18(26)25-10-4-5-15(13-25)14-28-17-6-2-1-3-7-17/h1-3,6-7,15-16H,4-5,8-14H2. The molecule has 0 aromatic heterocycles. The first-order chi connectivity index (χ1) is 13.3. The molecule has 0 saturated carbocycles. The molecule has 2 saturated heterocycles. The van der Waals surface area contributed by atoms with Gasteiger partial charge in [-0.05, 0) is 37.8 Å². The lowest BCUT2D eigenvalue weighted by Gasteiger charge is -2.37. The summed E-state index contributed by atoms with van der Waals surface area (Å²) in [4.78, 5) is 26.7. The molecule has 1 atom stereocenters. The summed E-state index contributed by atoms with van der Waals surface area (Å²) < 4.78 is 43.4. The van der Waals surface area contributed by atoms with Gasteiger partial charge in [0.2, 0.25) is 5.91 Å². The number of rotatable bonds is 4. The average Bonchev–Trinajstić information content (AvgIpc) is 2.71. The summed E-state index contributed by atoms with van der Waals surface area (Å²) in [6, 6.07) is 9.51. The first kappa shape index (κ1) is 20.5. The molecule has 2 heterocycles. The highest BCUT2D eigenvalue weighted by molar-refractivity contribution is 5.83. The summed E-state index contributed by atoms with van der Waals surface area (Å²) in [7, 11) is 0. The lowest BCUT2D eigenvalue weighted by molar-refractivity contribution is -0.187. The molecule has 0 bridgehead atoms. The third-order valence-electron chi connectivity index (χ3n) is 5.43. The number of benzene rings is 1. The SMILES string of the molecule is O=C(C1CCN(C(=O)C(F)(F)F)CC1)N1CCCC(COc2ccccc2)C1. The maximum absolute atomic E-state index is 12.8. The molecule has 0 aliphatic carbocycles. The van der Waals surface area contributed by atoms with Crippen LogP contribution >= 0.6 is 0 Å². The largest absolute Gasteiger partial charge is 0.493 e. The van der Waals surface area contributed by atoms with Crippen molar-refractivity contribution in [3.63, 3.8) is 0 Å². The van der Waals surface area contributed by atoms with Crippen LogP contribution in [0.4, 0.5) is 13.2 Å². The molecule has 1 aromatic rings. The maximum Gasteiger partial charge on any atom is 0.471 e. The number of hydrogen-bond acceptors (Lipinski definition) is 3. The van der Waals surface area contributed by atoms with Gasteiger partial charge in [0.25, 0.3) is 0 Å². The Kier molecular flexibility index (Phi) is 6.46. The van der Waals surface area contributed by atoms with Gasteiger partial charge in [-0.2, -0.15) is 13.2 Å². The van der Waals surface area contributed by atoms with E-state index in [1.54, 1.807) is 0 Å². The average molecular weight is 398 g/mol. The van der Waals surface area contributed by atoms with E-state index in [2.05, 4.69) is 0 Å². The van der Waals surface area contributed by atoms with E-state index >= 15 is 0 Å². The number of ether oxygens (including phenoxy) is 1. The van der Waals surface area contributed by atoms with Crippen LogP contribution in [0.1, 0.15) is 25.7 Å². The second kappa shape index (κ2) is 8.84. The van der Waals surface area contributed by atoms with Crippen molar-refractivity contribution in [3.8, 4) is 5.75 Å². The first-order valence-corrected chi connectivity index (χ1v) is 9.67. The van der Waals surface area contributed by atoms with Gasteiger partial charge in [-0.3, -0.25) is 9.59 Å². The zero-order valence-corrected chi connectivity index (χ0v) is 15.7.